The van der Waals surface area contributed by atoms with Gasteiger partial charge in [-0.2, -0.15) is 0 Å². The summed E-state index contributed by atoms with van der Waals surface area (Å²) in [7, 11) is 0. The van der Waals surface area contributed by atoms with Gasteiger partial charge in [0.05, 0.1) is 13.2 Å². The Morgan fingerprint density at radius 2 is 2.00 bits per heavy atom. The van der Waals surface area contributed by atoms with E-state index in [0.29, 0.717) is 18.8 Å². The number of benzene rings is 1. The molecular formula is C10H12ClF2NO. The van der Waals surface area contributed by atoms with Crippen LogP contribution in [0.3, 0.4) is 0 Å². The molecule has 1 atom stereocenters. The third kappa shape index (κ3) is 2.45. The molecule has 0 aliphatic carbocycles. The summed E-state index contributed by atoms with van der Waals surface area (Å²) in [5, 5.41) is 0. The van der Waals surface area contributed by atoms with E-state index >= 15 is 0 Å². The van der Waals surface area contributed by atoms with E-state index in [1.165, 1.54) is 12.1 Å². The lowest BCUT2D eigenvalue weighted by molar-refractivity contribution is -0.0446. The first-order valence-electron chi connectivity index (χ1n) is 4.47. The maximum atomic E-state index is 13.3. The molecule has 0 amide bonds. The highest BCUT2D eigenvalue weighted by Crippen LogP contribution is 2.27. The average molecular weight is 236 g/mol. The third-order valence-corrected chi connectivity index (χ3v) is 2.49. The molecule has 0 saturated carbocycles. The van der Waals surface area contributed by atoms with Gasteiger partial charge in [-0.15, -0.1) is 12.4 Å². The third-order valence-electron chi connectivity index (χ3n) is 2.49. The highest BCUT2D eigenvalue weighted by atomic mass is 35.5. The average Bonchev–Trinajstić information content (AvgIpc) is 2.00. The van der Waals surface area contributed by atoms with Gasteiger partial charge in [-0.3, -0.25) is 0 Å². The van der Waals surface area contributed by atoms with Gasteiger partial charge in [0.25, 0.3) is 0 Å². The van der Waals surface area contributed by atoms with Gasteiger partial charge in [0.1, 0.15) is 11.6 Å². The van der Waals surface area contributed by atoms with Crippen molar-refractivity contribution in [1.82, 2.24) is 0 Å². The Kier molecular flexibility index (Phi) is 4.02. The number of hydrogen-bond acceptors (Lipinski definition) is 2. The molecule has 1 aliphatic rings. The van der Waals surface area contributed by atoms with E-state index in [0.717, 1.165) is 6.07 Å². The van der Waals surface area contributed by atoms with Crippen molar-refractivity contribution >= 4 is 12.4 Å². The first-order valence-corrected chi connectivity index (χ1v) is 4.47. The smallest absolute Gasteiger partial charge is 0.130 e. The van der Waals surface area contributed by atoms with Gasteiger partial charge in [-0.25, -0.2) is 8.78 Å². The van der Waals surface area contributed by atoms with Crippen molar-refractivity contribution in [3.63, 3.8) is 0 Å². The molecule has 1 aromatic carbocycles. The van der Waals surface area contributed by atoms with Gasteiger partial charge in [-0.05, 0) is 6.07 Å². The maximum absolute atomic E-state index is 13.3. The van der Waals surface area contributed by atoms with Crippen LogP contribution in [-0.4, -0.2) is 13.2 Å². The molecule has 5 heteroatoms. The first kappa shape index (κ1) is 12.4. The van der Waals surface area contributed by atoms with Gasteiger partial charge in [0, 0.05) is 23.6 Å². The Hall–Kier alpha value is -0.710. The molecule has 15 heavy (non-hydrogen) atoms. The van der Waals surface area contributed by atoms with Gasteiger partial charge in [0.15, 0.2) is 0 Å². The minimum absolute atomic E-state index is 0. The summed E-state index contributed by atoms with van der Waals surface area (Å²) in [6.45, 7) is 1.11. The zero-order valence-corrected chi connectivity index (χ0v) is 8.77. The maximum Gasteiger partial charge on any atom is 0.130 e. The Bertz CT molecular complexity index is 344. The summed E-state index contributed by atoms with van der Waals surface area (Å²) in [4.78, 5) is 0. The Balaban J connectivity index is 0.00000112. The number of rotatable bonds is 2. The molecule has 1 aliphatic heterocycles. The van der Waals surface area contributed by atoms with Crippen LogP contribution in [0.2, 0.25) is 0 Å². The summed E-state index contributed by atoms with van der Waals surface area (Å²) < 4.78 is 30.8. The van der Waals surface area contributed by atoms with Crippen molar-refractivity contribution in [1.29, 1.82) is 0 Å². The molecule has 84 valence electrons. The van der Waals surface area contributed by atoms with Crippen LogP contribution in [0.15, 0.2) is 18.2 Å². The molecule has 0 unspecified atom stereocenters. The van der Waals surface area contributed by atoms with Gasteiger partial charge < -0.3 is 10.5 Å². The summed E-state index contributed by atoms with van der Waals surface area (Å²) >= 11 is 0. The van der Waals surface area contributed by atoms with Crippen LogP contribution in [0.25, 0.3) is 0 Å². The van der Waals surface area contributed by atoms with Crippen molar-refractivity contribution in [3.8, 4) is 0 Å². The van der Waals surface area contributed by atoms with Crippen LogP contribution in [0.1, 0.15) is 11.6 Å². The number of ether oxygens (including phenoxy) is 1. The summed E-state index contributed by atoms with van der Waals surface area (Å²) in [5.41, 5.74) is 6.17. The summed E-state index contributed by atoms with van der Waals surface area (Å²) in [6.07, 6.45) is 0. The molecule has 0 bridgehead atoms. The van der Waals surface area contributed by atoms with Crippen LogP contribution in [0, 0.1) is 17.6 Å². The molecular weight excluding hydrogens is 224 g/mol. The molecule has 0 aromatic heterocycles. The highest BCUT2D eigenvalue weighted by Gasteiger charge is 2.28. The molecule has 1 heterocycles. The number of hydrogen-bond donors (Lipinski definition) is 1. The second-order valence-corrected chi connectivity index (χ2v) is 3.49. The fraction of sp³-hybridized carbons (Fsp3) is 0.400. The van der Waals surface area contributed by atoms with E-state index in [9.17, 15) is 8.78 Å². The van der Waals surface area contributed by atoms with E-state index in [1.54, 1.807) is 0 Å². The predicted octanol–water partition coefficient (Wildman–Crippen LogP) is 2.03. The second kappa shape index (κ2) is 4.88. The topological polar surface area (TPSA) is 35.2 Å². The van der Waals surface area contributed by atoms with Crippen LogP contribution in [0.5, 0.6) is 0 Å². The van der Waals surface area contributed by atoms with Gasteiger partial charge in [-0.1, -0.05) is 6.07 Å². The Labute approximate surface area is 92.8 Å². The molecule has 2 rings (SSSR count). The van der Waals surface area contributed by atoms with Crippen molar-refractivity contribution in [3.05, 3.63) is 35.4 Å². The lowest BCUT2D eigenvalue weighted by Crippen LogP contribution is -2.37. The largest absolute Gasteiger partial charge is 0.381 e. The quantitative estimate of drug-likeness (QED) is 0.851. The minimum atomic E-state index is -0.580. The first-order chi connectivity index (χ1) is 6.68. The molecule has 1 fully saturated rings. The van der Waals surface area contributed by atoms with E-state index < -0.39 is 17.7 Å². The normalized spacial score (nSPS) is 17.8. The van der Waals surface area contributed by atoms with Crippen molar-refractivity contribution in [2.45, 2.75) is 6.04 Å². The van der Waals surface area contributed by atoms with Crippen LogP contribution in [0.4, 0.5) is 8.78 Å². The zero-order valence-electron chi connectivity index (χ0n) is 7.95. The van der Waals surface area contributed by atoms with Gasteiger partial charge >= 0.3 is 0 Å². The molecule has 2 N–H and O–H groups in total. The molecule has 0 radical (unpaired) electrons. The van der Waals surface area contributed by atoms with Gasteiger partial charge in [0.2, 0.25) is 0 Å². The fourth-order valence-electron chi connectivity index (χ4n) is 1.49. The fourth-order valence-corrected chi connectivity index (χ4v) is 1.49. The molecule has 1 aromatic rings. The lowest BCUT2D eigenvalue weighted by Gasteiger charge is -2.31. The summed E-state index contributed by atoms with van der Waals surface area (Å²) in [6, 6.07) is 3.07. The van der Waals surface area contributed by atoms with E-state index in [2.05, 4.69) is 0 Å². The SMILES string of the molecule is Cl.N[C@@H](c1ccc(F)cc1F)C1COC1. The van der Waals surface area contributed by atoms with E-state index in [4.69, 9.17) is 10.5 Å². The Morgan fingerprint density at radius 1 is 1.33 bits per heavy atom. The number of nitrogens with two attached hydrogens (primary N) is 1. The number of halogens is 3. The van der Waals surface area contributed by atoms with Crippen molar-refractivity contribution in [2.75, 3.05) is 13.2 Å². The Morgan fingerprint density at radius 3 is 2.47 bits per heavy atom. The van der Waals surface area contributed by atoms with E-state index in [-0.39, 0.29) is 18.3 Å². The van der Waals surface area contributed by atoms with E-state index in [1.807, 2.05) is 0 Å². The second-order valence-electron chi connectivity index (χ2n) is 3.49. The molecule has 2 nitrogen and oxygen atoms in total. The standard InChI is InChI=1S/C10H11F2NO.ClH/c11-7-1-2-8(9(12)3-7)10(13)6-4-14-5-6;/h1-3,6,10H,4-5,13H2;1H/t10-;/m1./s1. The highest BCUT2D eigenvalue weighted by molar-refractivity contribution is 5.85. The van der Waals surface area contributed by atoms with Crippen LogP contribution >= 0.6 is 12.4 Å². The van der Waals surface area contributed by atoms with Crippen molar-refractivity contribution in [2.24, 2.45) is 11.7 Å². The zero-order chi connectivity index (χ0) is 10.1. The lowest BCUT2D eigenvalue weighted by atomic mass is 9.92. The van der Waals surface area contributed by atoms with Crippen molar-refractivity contribution < 1.29 is 13.5 Å². The molecule has 1 saturated heterocycles. The molecule has 0 spiro atoms. The van der Waals surface area contributed by atoms with Crippen LogP contribution < -0.4 is 5.73 Å². The van der Waals surface area contributed by atoms with Crippen LogP contribution in [-0.2, 0) is 4.74 Å². The minimum Gasteiger partial charge on any atom is -0.381 e. The predicted molar refractivity (Wildman–Crippen MR) is 54.8 cm³/mol. The monoisotopic (exact) mass is 235 g/mol. The summed E-state index contributed by atoms with van der Waals surface area (Å²) in [5.74, 6) is -1.01.